The number of rotatable bonds is 6. The molecule has 0 N–H and O–H groups in total. The standard InChI is InChI=1S/C18H30O4SSi/c1-14-7-9-17(10-8-14)23(19,20)21-13-15-11-16(12-15)22-24(5,6)18(2,3)4/h7-10,15-16H,11-13H2,1-6H3/t15-,16+. The Balaban J connectivity index is 1.81. The first-order chi connectivity index (χ1) is 10.9. The summed E-state index contributed by atoms with van der Waals surface area (Å²) in [7, 11) is -5.40. The molecule has 1 aromatic carbocycles. The molecule has 1 fully saturated rings. The highest BCUT2D eigenvalue weighted by Crippen LogP contribution is 2.41. The van der Waals surface area contributed by atoms with Gasteiger partial charge in [0.05, 0.1) is 11.5 Å². The molecule has 1 aliphatic rings. The Morgan fingerprint density at radius 3 is 2.17 bits per heavy atom. The van der Waals surface area contributed by atoms with E-state index < -0.39 is 18.4 Å². The third-order valence-corrected chi connectivity index (χ3v) is 11.1. The first kappa shape index (κ1) is 19.6. The molecule has 24 heavy (non-hydrogen) atoms. The molecule has 0 aliphatic heterocycles. The zero-order chi connectivity index (χ0) is 18.2. The van der Waals surface area contributed by atoms with Crippen molar-refractivity contribution in [1.82, 2.24) is 0 Å². The van der Waals surface area contributed by atoms with Crippen LogP contribution in [0.2, 0.25) is 18.1 Å². The first-order valence-corrected chi connectivity index (χ1v) is 12.9. The van der Waals surface area contributed by atoms with Gasteiger partial charge in [0.25, 0.3) is 10.1 Å². The minimum atomic E-state index is -3.66. The topological polar surface area (TPSA) is 52.6 Å². The van der Waals surface area contributed by atoms with Crippen molar-refractivity contribution in [2.75, 3.05) is 6.61 Å². The summed E-state index contributed by atoms with van der Waals surface area (Å²) in [6.07, 6.45) is 2.02. The molecule has 1 aliphatic carbocycles. The van der Waals surface area contributed by atoms with Crippen LogP contribution in [-0.2, 0) is 18.7 Å². The molecule has 4 nitrogen and oxygen atoms in total. The average molecular weight is 371 g/mol. The fourth-order valence-electron chi connectivity index (χ4n) is 2.46. The SMILES string of the molecule is Cc1ccc(S(=O)(=O)OC[C@H]2C[C@@H](O[Si](C)(C)C(C)(C)C)C2)cc1. The lowest BCUT2D eigenvalue weighted by Gasteiger charge is -2.44. The smallest absolute Gasteiger partial charge is 0.296 e. The third kappa shape index (κ3) is 4.68. The quantitative estimate of drug-likeness (QED) is 0.546. The van der Waals surface area contributed by atoms with Crippen molar-refractivity contribution in [2.24, 2.45) is 5.92 Å². The van der Waals surface area contributed by atoms with Gasteiger partial charge < -0.3 is 4.43 Å². The minimum Gasteiger partial charge on any atom is -0.414 e. The molecule has 0 saturated heterocycles. The summed E-state index contributed by atoms with van der Waals surface area (Å²) in [5.41, 5.74) is 1.03. The Hall–Kier alpha value is -0.693. The van der Waals surface area contributed by atoms with Gasteiger partial charge in [-0.2, -0.15) is 8.42 Å². The number of hydrogen-bond acceptors (Lipinski definition) is 4. The second-order valence-electron chi connectivity index (χ2n) is 8.39. The van der Waals surface area contributed by atoms with Gasteiger partial charge in [-0.1, -0.05) is 38.5 Å². The van der Waals surface area contributed by atoms with Gasteiger partial charge in [0.15, 0.2) is 8.32 Å². The monoisotopic (exact) mass is 370 g/mol. The lowest BCUT2D eigenvalue weighted by atomic mass is 9.83. The second-order valence-corrected chi connectivity index (χ2v) is 14.8. The predicted molar refractivity (Wildman–Crippen MR) is 99.1 cm³/mol. The van der Waals surface area contributed by atoms with E-state index in [0.29, 0.717) is 0 Å². The highest BCUT2D eigenvalue weighted by molar-refractivity contribution is 7.86. The van der Waals surface area contributed by atoms with Gasteiger partial charge >= 0.3 is 0 Å². The number of benzene rings is 1. The van der Waals surface area contributed by atoms with Crippen molar-refractivity contribution in [3.05, 3.63) is 29.8 Å². The molecule has 2 rings (SSSR count). The molecule has 0 unspecified atom stereocenters. The van der Waals surface area contributed by atoms with E-state index in [9.17, 15) is 8.42 Å². The Kier molecular flexibility index (Phi) is 5.64. The molecule has 1 saturated carbocycles. The summed E-state index contributed by atoms with van der Waals surface area (Å²) in [6, 6.07) is 6.74. The van der Waals surface area contributed by atoms with E-state index in [2.05, 4.69) is 33.9 Å². The van der Waals surface area contributed by atoms with E-state index in [0.717, 1.165) is 18.4 Å². The van der Waals surface area contributed by atoms with Crippen molar-refractivity contribution in [1.29, 1.82) is 0 Å². The van der Waals surface area contributed by atoms with E-state index in [4.69, 9.17) is 8.61 Å². The Morgan fingerprint density at radius 1 is 1.12 bits per heavy atom. The van der Waals surface area contributed by atoms with Crippen molar-refractivity contribution in [3.63, 3.8) is 0 Å². The molecule has 0 bridgehead atoms. The summed E-state index contributed by atoms with van der Waals surface area (Å²) in [4.78, 5) is 0.224. The summed E-state index contributed by atoms with van der Waals surface area (Å²) in [5, 5.41) is 0.198. The van der Waals surface area contributed by atoms with Gasteiger partial charge in [0.1, 0.15) is 0 Å². The van der Waals surface area contributed by atoms with Crippen LogP contribution in [0.4, 0.5) is 0 Å². The van der Waals surface area contributed by atoms with Crippen molar-refractivity contribution >= 4 is 18.4 Å². The van der Waals surface area contributed by atoms with Crippen LogP contribution in [0.15, 0.2) is 29.2 Å². The van der Waals surface area contributed by atoms with E-state index >= 15 is 0 Å². The Bertz CT molecular complexity index is 653. The lowest BCUT2D eigenvalue weighted by molar-refractivity contribution is 0.0301. The Labute approximate surface area is 147 Å². The van der Waals surface area contributed by atoms with Crippen LogP contribution in [0.1, 0.15) is 39.2 Å². The highest BCUT2D eigenvalue weighted by atomic mass is 32.2. The molecule has 0 aromatic heterocycles. The molecule has 1 aromatic rings. The maximum Gasteiger partial charge on any atom is 0.296 e. The molecule has 0 heterocycles. The van der Waals surface area contributed by atoms with Crippen molar-refractivity contribution < 1.29 is 17.0 Å². The second kappa shape index (κ2) is 6.90. The summed E-state index contributed by atoms with van der Waals surface area (Å²) < 4.78 is 35.9. The van der Waals surface area contributed by atoms with Gasteiger partial charge in [0.2, 0.25) is 0 Å². The van der Waals surface area contributed by atoms with Crippen LogP contribution in [0.3, 0.4) is 0 Å². The third-order valence-electron chi connectivity index (χ3n) is 5.23. The van der Waals surface area contributed by atoms with Gasteiger partial charge in [-0.15, -0.1) is 0 Å². The normalized spacial score (nSPS) is 22.2. The largest absolute Gasteiger partial charge is 0.414 e. The van der Waals surface area contributed by atoms with Crippen LogP contribution >= 0.6 is 0 Å². The van der Waals surface area contributed by atoms with Gasteiger partial charge in [-0.3, -0.25) is 4.18 Å². The summed E-state index contributed by atoms with van der Waals surface area (Å²) in [5.74, 6) is 0.264. The van der Waals surface area contributed by atoms with Crippen LogP contribution in [-0.4, -0.2) is 29.4 Å². The summed E-state index contributed by atoms with van der Waals surface area (Å²) in [6.45, 7) is 13.4. The van der Waals surface area contributed by atoms with Crippen LogP contribution in [0, 0.1) is 12.8 Å². The molecule has 136 valence electrons. The van der Waals surface area contributed by atoms with Gasteiger partial charge in [0, 0.05) is 6.10 Å². The fraction of sp³-hybridized carbons (Fsp3) is 0.667. The maximum absolute atomic E-state index is 12.2. The van der Waals surface area contributed by atoms with Gasteiger partial charge in [-0.25, -0.2) is 0 Å². The van der Waals surface area contributed by atoms with Crippen LogP contribution in [0.5, 0.6) is 0 Å². The molecule has 0 radical (unpaired) electrons. The molecule has 0 atom stereocenters. The number of hydrogen-bond donors (Lipinski definition) is 0. The summed E-state index contributed by atoms with van der Waals surface area (Å²) >= 11 is 0. The average Bonchev–Trinajstić information content (AvgIpc) is 2.40. The maximum atomic E-state index is 12.2. The molecule has 0 spiro atoms. The number of aryl methyl sites for hydroxylation is 1. The molecule has 0 amide bonds. The zero-order valence-electron chi connectivity index (χ0n) is 15.6. The van der Waals surface area contributed by atoms with Gasteiger partial charge in [-0.05, 0) is 55.9 Å². The molecular weight excluding hydrogens is 340 g/mol. The van der Waals surface area contributed by atoms with Crippen LogP contribution in [0.25, 0.3) is 0 Å². The van der Waals surface area contributed by atoms with E-state index in [1.165, 1.54) is 0 Å². The highest BCUT2D eigenvalue weighted by Gasteiger charge is 2.42. The molecular formula is C18H30O4SSi. The first-order valence-electron chi connectivity index (χ1n) is 8.55. The molecule has 6 heteroatoms. The Morgan fingerprint density at radius 2 is 1.67 bits per heavy atom. The van der Waals surface area contributed by atoms with E-state index in [-0.39, 0.29) is 28.6 Å². The zero-order valence-corrected chi connectivity index (χ0v) is 17.4. The van der Waals surface area contributed by atoms with Crippen molar-refractivity contribution in [2.45, 2.75) is 69.7 Å². The van der Waals surface area contributed by atoms with Crippen molar-refractivity contribution in [3.8, 4) is 0 Å². The lowest BCUT2D eigenvalue weighted by Crippen LogP contribution is -2.48. The van der Waals surface area contributed by atoms with E-state index in [1.54, 1.807) is 24.3 Å². The minimum absolute atomic E-state index is 0.198. The van der Waals surface area contributed by atoms with Crippen LogP contribution < -0.4 is 0 Å². The fourth-order valence-corrected chi connectivity index (χ4v) is 4.82. The van der Waals surface area contributed by atoms with E-state index in [1.807, 2.05) is 6.92 Å². The predicted octanol–water partition coefficient (Wildman–Crippen LogP) is 4.50.